The monoisotopic (exact) mass is 784 g/mol. The van der Waals surface area contributed by atoms with E-state index >= 15 is 0 Å². The fraction of sp³-hybridized carbons (Fsp3) is 0.688. The first-order chi connectivity index (χ1) is 17.8. The Hall–Kier alpha value is 0.460. The third-order valence-electron chi connectivity index (χ3n) is 6.84. The van der Waals surface area contributed by atoms with Gasteiger partial charge in [-0.15, -0.1) is 23.5 Å². The van der Waals surface area contributed by atoms with Crippen LogP contribution in [0.1, 0.15) is 117 Å². The highest BCUT2D eigenvalue weighted by molar-refractivity contribution is 7.99. The van der Waals surface area contributed by atoms with E-state index in [-0.39, 0.29) is 48.0 Å². The van der Waals surface area contributed by atoms with Crippen molar-refractivity contribution in [2.45, 2.75) is 139 Å². The molecule has 0 bridgehead atoms. The molecule has 0 radical (unpaired) electrons. The summed E-state index contributed by atoms with van der Waals surface area (Å²) in [6.45, 7) is 6.90. The minimum Gasteiger partial charge on any atom is -1.00 e. The fourth-order valence-electron chi connectivity index (χ4n) is 4.47. The summed E-state index contributed by atoms with van der Waals surface area (Å²) in [5.74, 6) is 2.48. The second-order valence-electron chi connectivity index (χ2n) is 10.2. The van der Waals surface area contributed by atoms with Gasteiger partial charge in [-0.25, -0.2) is 9.13 Å². The van der Waals surface area contributed by atoms with Crippen LogP contribution in [-0.4, -0.2) is 11.5 Å². The SMILES string of the molecule is CCCCCCCC[n+]1ccc(SCCCCCCSc2cc[n+](CCCCCCCC)cc2)cc1.[I-].[I-]. The quantitative estimate of drug-likeness (QED) is 0.0740. The Kier molecular flexibility index (Phi) is 28.0. The van der Waals surface area contributed by atoms with Crippen molar-refractivity contribution >= 4 is 23.5 Å². The average Bonchev–Trinajstić information content (AvgIpc) is 2.91. The lowest BCUT2D eigenvalue weighted by Gasteiger charge is -2.04. The van der Waals surface area contributed by atoms with Crippen LogP contribution in [0.25, 0.3) is 0 Å². The highest BCUT2D eigenvalue weighted by Gasteiger charge is 2.04. The molecule has 0 unspecified atom stereocenters. The second-order valence-corrected chi connectivity index (χ2v) is 12.5. The molecule has 0 saturated carbocycles. The average molecular weight is 785 g/mol. The van der Waals surface area contributed by atoms with E-state index in [2.05, 4.69) is 72.0 Å². The first-order valence-electron chi connectivity index (χ1n) is 15.1. The molecule has 0 fully saturated rings. The van der Waals surface area contributed by atoms with Crippen LogP contribution in [0.15, 0.2) is 58.8 Å². The summed E-state index contributed by atoms with van der Waals surface area (Å²) in [6.07, 6.45) is 30.8. The van der Waals surface area contributed by atoms with E-state index < -0.39 is 0 Å². The van der Waals surface area contributed by atoms with Crippen LogP contribution in [0.2, 0.25) is 0 Å². The molecule has 218 valence electrons. The summed E-state index contributed by atoms with van der Waals surface area (Å²) < 4.78 is 4.70. The van der Waals surface area contributed by atoms with Gasteiger partial charge >= 0.3 is 0 Å². The number of nitrogens with zero attached hydrogens (tertiary/aromatic N) is 2. The maximum Gasteiger partial charge on any atom is 0.169 e. The molecule has 2 aromatic rings. The topological polar surface area (TPSA) is 7.76 Å². The Balaban J connectivity index is 0.00000684. The molecule has 2 rings (SSSR count). The zero-order valence-corrected chi connectivity index (χ0v) is 30.2. The molecule has 2 heterocycles. The van der Waals surface area contributed by atoms with Crippen molar-refractivity contribution in [1.82, 2.24) is 0 Å². The van der Waals surface area contributed by atoms with E-state index in [0.29, 0.717) is 0 Å². The molecule has 0 aromatic carbocycles. The van der Waals surface area contributed by atoms with Crippen molar-refractivity contribution in [2.75, 3.05) is 11.5 Å². The van der Waals surface area contributed by atoms with Crippen molar-refractivity contribution in [3.63, 3.8) is 0 Å². The Labute approximate surface area is 278 Å². The van der Waals surface area contributed by atoms with Gasteiger partial charge in [0.2, 0.25) is 0 Å². The Morgan fingerprint density at radius 1 is 0.447 bits per heavy atom. The summed E-state index contributed by atoms with van der Waals surface area (Å²) in [5.41, 5.74) is 0. The van der Waals surface area contributed by atoms with Gasteiger partial charge in [0, 0.05) is 46.9 Å². The van der Waals surface area contributed by atoms with Gasteiger partial charge in [0.1, 0.15) is 13.1 Å². The van der Waals surface area contributed by atoms with E-state index in [1.165, 1.54) is 124 Å². The summed E-state index contributed by atoms with van der Waals surface area (Å²) in [4.78, 5) is 2.84. The van der Waals surface area contributed by atoms with E-state index in [1.54, 1.807) is 0 Å². The fourth-order valence-corrected chi connectivity index (χ4v) is 6.26. The molecule has 0 N–H and O–H groups in total. The van der Waals surface area contributed by atoms with Gasteiger partial charge in [-0.3, -0.25) is 0 Å². The smallest absolute Gasteiger partial charge is 0.169 e. The van der Waals surface area contributed by atoms with Gasteiger partial charge in [-0.05, 0) is 37.2 Å². The van der Waals surface area contributed by atoms with Gasteiger partial charge in [0.25, 0.3) is 0 Å². The molecule has 2 aromatic heterocycles. The number of pyridine rings is 2. The van der Waals surface area contributed by atoms with E-state index in [1.807, 2.05) is 23.5 Å². The molecule has 2 nitrogen and oxygen atoms in total. The molecular weight excluding hydrogens is 730 g/mol. The first-order valence-corrected chi connectivity index (χ1v) is 17.0. The molecule has 0 amide bonds. The van der Waals surface area contributed by atoms with Crippen LogP contribution in [-0.2, 0) is 13.1 Å². The van der Waals surface area contributed by atoms with E-state index in [4.69, 9.17) is 0 Å². The lowest BCUT2D eigenvalue weighted by atomic mass is 10.1. The van der Waals surface area contributed by atoms with E-state index in [0.717, 1.165) is 13.1 Å². The maximum atomic E-state index is 2.35. The molecule has 0 spiro atoms. The van der Waals surface area contributed by atoms with Crippen molar-refractivity contribution in [2.24, 2.45) is 0 Å². The second kappa shape index (κ2) is 27.6. The van der Waals surface area contributed by atoms with Gasteiger partial charge in [-0.1, -0.05) is 78.1 Å². The minimum absolute atomic E-state index is 0. The zero-order valence-electron chi connectivity index (χ0n) is 24.2. The molecule has 0 aliphatic rings. The normalized spacial score (nSPS) is 10.7. The third-order valence-corrected chi connectivity index (χ3v) is 9.03. The lowest BCUT2D eigenvalue weighted by molar-refractivity contribution is -0.697. The van der Waals surface area contributed by atoms with Gasteiger partial charge < -0.3 is 48.0 Å². The highest BCUT2D eigenvalue weighted by atomic mass is 127. The number of rotatable bonds is 23. The van der Waals surface area contributed by atoms with Crippen LogP contribution in [0, 0.1) is 0 Å². The third kappa shape index (κ3) is 20.4. The number of unbranched alkanes of at least 4 members (excludes halogenated alkanes) is 13. The Morgan fingerprint density at radius 3 is 1.13 bits per heavy atom. The molecular formula is C32H54I2N2S2. The van der Waals surface area contributed by atoms with Crippen LogP contribution in [0.5, 0.6) is 0 Å². The molecule has 0 aliphatic heterocycles. The maximum absolute atomic E-state index is 2.35. The summed E-state index contributed by atoms with van der Waals surface area (Å²) >= 11 is 4.04. The predicted molar refractivity (Wildman–Crippen MR) is 160 cm³/mol. The largest absolute Gasteiger partial charge is 1.00 e. The zero-order chi connectivity index (χ0) is 25.5. The van der Waals surface area contributed by atoms with Crippen molar-refractivity contribution in [3.8, 4) is 0 Å². The number of halogens is 2. The Bertz CT molecular complexity index is 692. The van der Waals surface area contributed by atoms with Gasteiger partial charge in [0.15, 0.2) is 24.8 Å². The summed E-state index contributed by atoms with van der Waals surface area (Å²) in [7, 11) is 0. The van der Waals surface area contributed by atoms with Crippen LogP contribution < -0.4 is 57.1 Å². The highest BCUT2D eigenvalue weighted by Crippen LogP contribution is 2.21. The summed E-state index contributed by atoms with van der Waals surface area (Å²) in [6, 6.07) is 9.20. The van der Waals surface area contributed by atoms with Crippen molar-refractivity contribution in [1.29, 1.82) is 0 Å². The van der Waals surface area contributed by atoms with Crippen LogP contribution in [0.4, 0.5) is 0 Å². The van der Waals surface area contributed by atoms with Gasteiger partial charge in [-0.2, -0.15) is 0 Å². The molecule has 0 aliphatic carbocycles. The minimum atomic E-state index is 0. The Morgan fingerprint density at radius 2 is 0.763 bits per heavy atom. The first kappa shape index (κ1) is 38.5. The summed E-state index contributed by atoms with van der Waals surface area (Å²) in [5, 5.41) is 0. The predicted octanol–water partition coefficient (Wildman–Crippen LogP) is 3.44. The number of hydrogen-bond acceptors (Lipinski definition) is 2. The number of aromatic nitrogens is 2. The standard InChI is InChI=1S/C32H54N2S2.2HI/c1-3-5-7-9-11-15-23-33-25-19-31(20-26-33)35-29-17-13-14-18-30-36-32-21-27-34(28-22-32)24-16-12-10-8-6-4-2;;/h19-22,25-28H,3-18,23-24,29-30H2,1-2H3;2*1H/q+2;;/p-2. The number of aryl methyl sites for hydroxylation is 2. The van der Waals surface area contributed by atoms with E-state index in [9.17, 15) is 0 Å². The lowest BCUT2D eigenvalue weighted by Crippen LogP contribution is -3.00. The van der Waals surface area contributed by atoms with Crippen LogP contribution in [0.3, 0.4) is 0 Å². The molecule has 0 atom stereocenters. The van der Waals surface area contributed by atoms with Gasteiger partial charge in [0.05, 0.1) is 0 Å². The number of thioether (sulfide) groups is 2. The molecule has 38 heavy (non-hydrogen) atoms. The van der Waals surface area contributed by atoms with Crippen LogP contribution >= 0.6 is 23.5 Å². The number of hydrogen-bond donors (Lipinski definition) is 0. The molecule has 0 saturated heterocycles. The molecule has 6 heteroatoms. The van der Waals surface area contributed by atoms with Crippen molar-refractivity contribution < 1.29 is 57.1 Å². The van der Waals surface area contributed by atoms with Crippen molar-refractivity contribution in [3.05, 3.63) is 49.1 Å².